The van der Waals surface area contributed by atoms with Crippen LogP contribution in [0.1, 0.15) is 11.1 Å². The zero-order valence-electron chi connectivity index (χ0n) is 16.1. The number of para-hydroxylation sites is 1. The molecule has 0 saturated heterocycles. The van der Waals surface area contributed by atoms with Crippen molar-refractivity contribution in [3.8, 4) is 17.1 Å². The molecule has 0 spiro atoms. The maximum absolute atomic E-state index is 5.25. The Morgan fingerprint density at radius 1 is 0.857 bits per heavy atom. The Labute approximate surface area is 165 Å². The summed E-state index contributed by atoms with van der Waals surface area (Å²) in [6, 6.07) is 24.6. The number of aryl methyl sites for hydroxylation is 1. The van der Waals surface area contributed by atoms with Gasteiger partial charge in [0, 0.05) is 17.5 Å². The van der Waals surface area contributed by atoms with Crippen LogP contribution in [-0.2, 0) is 6.42 Å². The molecule has 0 aliphatic heterocycles. The van der Waals surface area contributed by atoms with Crippen LogP contribution >= 0.6 is 0 Å². The van der Waals surface area contributed by atoms with E-state index in [9.17, 15) is 0 Å². The molecule has 0 bridgehead atoms. The van der Waals surface area contributed by atoms with Crippen molar-refractivity contribution in [1.82, 2.24) is 9.97 Å². The molecule has 4 rings (SSSR count). The number of nitrogens with one attached hydrogen (secondary N) is 1. The monoisotopic (exact) mass is 369 g/mol. The number of ether oxygens (including phenoxy) is 1. The highest BCUT2D eigenvalue weighted by molar-refractivity contribution is 5.90. The normalized spacial score (nSPS) is 10.8. The molecule has 4 nitrogen and oxygen atoms in total. The summed E-state index contributed by atoms with van der Waals surface area (Å²) in [6.45, 7) is 2.92. The fourth-order valence-electron chi connectivity index (χ4n) is 3.16. The van der Waals surface area contributed by atoms with Crippen LogP contribution in [0, 0.1) is 6.92 Å². The largest absolute Gasteiger partial charge is 0.497 e. The van der Waals surface area contributed by atoms with Gasteiger partial charge >= 0.3 is 0 Å². The Kier molecular flexibility index (Phi) is 5.20. The van der Waals surface area contributed by atoms with E-state index >= 15 is 0 Å². The summed E-state index contributed by atoms with van der Waals surface area (Å²) in [7, 11) is 1.66. The smallest absolute Gasteiger partial charge is 0.162 e. The SMILES string of the molecule is COc1ccc(-c2nc(NCCc3ccc(C)cc3)c3ccccc3n2)cc1. The predicted molar refractivity (Wildman–Crippen MR) is 115 cm³/mol. The average molecular weight is 369 g/mol. The molecule has 0 saturated carbocycles. The minimum atomic E-state index is 0.708. The zero-order valence-corrected chi connectivity index (χ0v) is 16.1. The quantitative estimate of drug-likeness (QED) is 0.503. The lowest BCUT2D eigenvalue weighted by atomic mass is 10.1. The standard InChI is InChI=1S/C24H23N3O/c1-17-7-9-18(10-8-17)15-16-25-24-21-5-3-4-6-22(21)26-23(27-24)19-11-13-20(28-2)14-12-19/h3-14H,15-16H2,1-2H3,(H,25,26,27). The first kappa shape index (κ1) is 18.0. The van der Waals surface area contributed by atoms with Crippen LogP contribution in [0.4, 0.5) is 5.82 Å². The molecule has 28 heavy (non-hydrogen) atoms. The van der Waals surface area contributed by atoms with Crippen molar-refractivity contribution in [2.45, 2.75) is 13.3 Å². The van der Waals surface area contributed by atoms with Gasteiger partial charge in [-0.1, -0.05) is 42.0 Å². The van der Waals surface area contributed by atoms with Gasteiger partial charge in [-0.05, 0) is 55.3 Å². The third kappa shape index (κ3) is 3.96. The number of nitrogens with zero attached hydrogens (tertiary/aromatic N) is 2. The Morgan fingerprint density at radius 2 is 1.61 bits per heavy atom. The number of fused-ring (bicyclic) bond motifs is 1. The summed E-state index contributed by atoms with van der Waals surface area (Å²) < 4.78 is 5.25. The van der Waals surface area contributed by atoms with Gasteiger partial charge < -0.3 is 10.1 Å². The van der Waals surface area contributed by atoms with Crippen LogP contribution in [0.25, 0.3) is 22.3 Å². The second kappa shape index (κ2) is 8.09. The van der Waals surface area contributed by atoms with Crippen LogP contribution in [0.5, 0.6) is 5.75 Å². The topological polar surface area (TPSA) is 47.0 Å². The molecule has 3 aromatic carbocycles. The lowest BCUT2D eigenvalue weighted by molar-refractivity contribution is 0.415. The lowest BCUT2D eigenvalue weighted by Gasteiger charge is -2.11. The Morgan fingerprint density at radius 3 is 2.36 bits per heavy atom. The van der Waals surface area contributed by atoms with Crippen molar-refractivity contribution < 1.29 is 4.74 Å². The Balaban J connectivity index is 1.61. The minimum Gasteiger partial charge on any atom is -0.497 e. The summed E-state index contributed by atoms with van der Waals surface area (Å²) in [4.78, 5) is 9.55. The molecule has 0 radical (unpaired) electrons. The summed E-state index contributed by atoms with van der Waals surface area (Å²) in [5.41, 5.74) is 4.49. The molecular weight excluding hydrogens is 346 g/mol. The maximum Gasteiger partial charge on any atom is 0.162 e. The first-order valence-corrected chi connectivity index (χ1v) is 9.43. The van der Waals surface area contributed by atoms with Gasteiger partial charge in [-0.2, -0.15) is 0 Å². The molecule has 1 heterocycles. The minimum absolute atomic E-state index is 0.708. The zero-order chi connectivity index (χ0) is 19.3. The Hall–Kier alpha value is -3.40. The number of rotatable bonds is 6. The van der Waals surface area contributed by atoms with Crippen LogP contribution in [0.15, 0.2) is 72.8 Å². The van der Waals surface area contributed by atoms with E-state index in [2.05, 4.69) is 42.6 Å². The van der Waals surface area contributed by atoms with Crippen LogP contribution in [0.2, 0.25) is 0 Å². The van der Waals surface area contributed by atoms with Crippen LogP contribution < -0.4 is 10.1 Å². The van der Waals surface area contributed by atoms with Gasteiger partial charge in [0.15, 0.2) is 5.82 Å². The van der Waals surface area contributed by atoms with E-state index in [0.717, 1.165) is 41.0 Å². The van der Waals surface area contributed by atoms with Gasteiger partial charge in [-0.3, -0.25) is 0 Å². The van der Waals surface area contributed by atoms with Gasteiger partial charge in [0.05, 0.1) is 12.6 Å². The van der Waals surface area contributed by atoms with Crippen molar-refractivity contribution >= 4 is 16.7 Å². The molecule has 0 aliphatic carbocycles. The van der Waals surface area contributed by atoms with Gasteiger partial charge in [-0.25, -0.2) is 9.97 Å². The van der Waals surface area contributed by atoms with Crippen LogP contribution in [0.3, 0.4) is 0 Å². The molecule has 1 aromatic heterocycles. The molecule has 0 fully saturated rings. The number of anilines is 1. The summed E-state index contributed by atoms with van der Waals surface area (Å²) in [5.74, 6) is 2.39. The molecule has 140 valence electrons. The number of aromatic nitrogens is 2. The van der Waals surface area contributed by atoms with E-state index in [4.69, 9.17) is 14.7 Å². The van der Waals surface area contributed by atoms with Crippen molar-refractivity contribution in [1.29, 1.82) is 0 Å². The fourth-order valence-corrected chi connectivity index (χ4v) is 3.16. The van der Waals surface area contributed by atoms with E-state index < -0.39 is 0 Å². The summed E-state index contributed by atoms with van der Waals surface area (Å²) >= 11 is 0. The lowest BCUT2D eigenvalue weighted by Crippen LogP contribution is -2.08. The molecular formula is C24H23N3O. The molecule has 4 heteroatoms. The highest BCUT2D eigenvalue weighted by atomic mass is 16.5. The van der Waals surface area contributed by atoms with Gasteiger partial charge in [0.2, 0.25) is 0 Å². The highest BCUT2D eigenvalue weighted by Gasteiger charge is 2.09. The Bertz CT molecular complexity index is 1070. The summed E-state index contributed by atoms with van der Waals surface area (Å²) in [5, 5.41) is 4.54. The first-order valence-electron chi connectivity index (χ1n) is 9.43. The second-order valence-corrected chi connectivity index (χ2v) is 6.80. The molecule has 0 aliphatic rings. The number of hydrogen-bond donors (Lipinski definition) is 1. The molecule has 0 atom stereocenters. The third-order valence-electron chi connectivity index (χ3n) is 4.78. The van der Waals surface area contributed by atoms with Crippen molar-refractivity contribution in [2.75, 3.05) is 19.0 Å². The van der Waals surface area contributed by atoms with E-state index in [1.807, 2.05) is 42.5 Å². The number of hydrogen-bond acceptors (Lipinski definition) is 4. The number of benzene rings is 3. The summed E-state index contributed by atoms with van der Waals surface area (Å²) in [6.07, 6.45) is 0.941. The van der Waals surface area contributed by atoms with Crippen molar-refractivity contribution in [2.24, 2.45) is 0 Å². The van der Waals surface area contributed by atoms with Crippen molar-refractivity contribution in [3.63, 3.8) is 0 Å². The van der Waals surface area contributed by atoms with Gasteiger partial charge in [0.1, 0.15) is 11.6 Å². The second-order valence-electron chi connectivity index (χ2n) is 6.80. The van der Waals surface area contributed by atoms with E-state index in [1.54, 1.807) is 7.11 Å². The molecule has 0 amide bonds. The molecule has 0 unspecified atom stereocenters. The molecule has 4 aromatic rings. The average Bonchev–Trinajstić information content (AvgIpc) is 2.75. The first-order chi connectivity index (χ1) is 13.7. The predicted octanol–water partition coefficient (Wildman–Crippen LogP) is 5.27. The number of methoxy groups -OCH3 is 1. The van der Waals surface area contributed by atoms with E-state index in [0.29, 0.717) is 5.82 Å². The van der Waals surface area contributed by atoms with Crippen LogP contribution in [-0.4, -0.2) is 23.6 Å². The van der Waals surface area contributed by atoms with E-state index in [-0.39, 0.29) is 0 Å². The van der Waals surface area contributed by atoms with Gasteiger partial charge in [-0.15, -0.1) is 0 Å². The fraction of sp³-hybridized carbons (Fsp3) is 0.167. The van der Waals surface area contributed by atoms with Crippen molar-refractivity contribution in [3.05, 3.63) is 83.9 Å². The third-order valence-corrected chi connectivity index (χ3v) is 4.78. The molecule has 1 N–H and O–H groups in total. The van der Waals surface area contributed by atoms with Gasteiger partial charge in [0.25, 0.3) is 0 Å². The highest BCUT2D eigenvalue weighted by Crippen LogP contribution is 2.26. The maximum atomic E-state index is 5.25. The van der Waals surface area contributed by atoms with E-state index in [1.165, 1.54) is 11.1 Å².